The highest BCUT2D eigenvalue weighted by Gasteiger charge is 2.26. The lowest BCUT2D eigenvalue weighted by Crippen LogP contribution is -2.11. The number of rotatable bonds is 12. The highest BCUT2D eigenvalue weighted by atomic mass is 35.5. The minimum atomic E-state index is -0.0581. The van der Waals surface area contributed by atoms with Gasteiger partial charge in [-0.05, 0) is 54.8 Å². The molecule has 34 heavy (non-hydrogen) atoms. The zero-order chi connectivity index (χ0) is 24.3. The lowest BCUT2D eigenvalue weighted by Gasteiger charge is -2.13. The minimum absolute atomic E-state index is 0.0581. The molecule has 182 valence electrons. The fraction of sp³-hybridized carbons (Fsp3) is 0.333. The molecule has 3 rings (SSSR count). The van der Waals surface area contributed by atoms with E-state index in [1.165, 1.54) is 7.11 Å². The molecule has 1 aliphatic rings. The Hall–Kier alpha value is -2.61. The zero-order valence-corrected chi connectivity index (χ0v) is 21.1. The summed E-state index contributed by atoms with van der Waals surface area (Å²) in [6.07, 6.45) is 5.34. The molecule has 0 spiro atoms. The number of methoxy groups -OCH3 is 1. The summed E-state index contributed by atoms with van der Waals surface area (Å²) in [7, 11) is 3.07. The van der Waals surface area contributed by atoms with E-state index in [1.54, 1.807) is 25.5 Å². The lowest BCUT2D eigenvalue weighted by molar-refractivity contribution is 0.0741. The third-order valence-corrected chi connectivity index (χ3v) is 5.47. The molecule has 7 nitrogen and oxygen atoms in total. The smallest absolute Gasteiger partial charge is 0.146 e. The van der Waals surface area contributed by atoms with E-state index in [4.69, 9.17) is 53.9 Å². The maximum Gasteiger partial charge on any atom is 0.146 e. The van der Waals surface area contributed by atoms with E-state index < -0.39 is 0 Å². The molecule has 1 atom stereocenters. The maximum absolute atomic E-state index is 6.39. The second kappa shape index (κ2) is 13.3. The van der Waals surface area contributed by atoms with E-state index in [0.29, 0.717) is 29.5 Å². The first-order valence-electron chi connectivity index (χ1n) is 10.5. The third kappa shape index (κ3) is 7.72. The van der Waals surface area contributed by atoms with Crippen LogP contribution in [0.15, 0.2) is 57.3 Å². The normalized spacial score (nSPS) is 15.0. The van der Waals surface area contributed by atoms with Gasteiger partial charge in [0.1, 0.15) is 41.6 Å². The van der Waals surface area contributed by atoms with E-state index >= 15 is 0 Å². The molecule has 0 fully saturated rings. The summed E-state index contributed by atoms with van der Waals surface area (Å²) < 4.78 is 17.1. The second-order valence-corrected chi connectivity index (χ2v) is 8.65. The van der Waals surface area contributed by atoms with Crippen LogP contribution in [0.1, 0.15) is 30.4 Å². The minimum Gasteiger partial charge on any atom is -0.494 e. The van der Waals surface area contributed by atoms with Gasteiger partial charge in [0.25, 0.3) is 0 Å². The molecular formula is C24H25Cl3N2O5. The summed E-state index contributed by atoms with van der Waals surface area (Å²) in [5.74, 6) is 1.86. The highest BCUT2D eigenvalue weighted by molar-refractivity contribution is 6.55. The standard InChI is InChI=1S/C24H25Cl3N2O5/c1-30-24-20(12-19(13-21(24)25)33-11-9-23(26)27)22-14-18(34-29-22)4-3-10-32-17-7-5-16(6-8-17)15-28-31-2/h5-9,12-13,15,18H,3-4,10-11,14H2,1-2H3. The van der Waals surface area contributed by atoms with Gasteiger partial charge in [-0.2, -0.15) is 0 Å². The molecule has 0 saturated heterocycles. The van der Waals surface area contributed by atoms with Crippen LogP contribution in [-0.2, 0) is 9.68 Å². The van der Waals surface area contributed by atoms with E-state index in [0.717, 1.165) is 35.4 Å². The van der Waals surface area contributed by atoms with Crippen LogP contribution in [0.2, 0.25) is 5.02 Å². The van der Waals surface area contributed by atoms with E-state index in [-0.39, 0.29) is 17.2 Å². The van der Waals surface area contributed by atoms with Crippen molar-refractivity contribution in [3.05, 3.63) is 63.1 Å². The van der Waals surface area contributed by atoms with Gasteiger partial charge in [0.05, 0.1) is 30.7 Å². The van der Waals surface area contributed by atoms with E-state index in [2.05, 4.69) is 15.1 Å². The molecule has 1 unspecified atom stereocenters. The Morgan fingerprint density at radius 2 is 1.94 bits per heavy atom. The SMILES string of the molecule is CON=Cc1ccc(OCCCC2CC(c3cc(OCC=C(Cl)Cl)cc(Cl)c3OC)=NO2)cc1. The monoisotopic (exact) mass is 526 g/mol. The first-order chi connectivity index (χ1) is 16.5. The van der Waals surface area contributed by atoms with Crippen LogP contribution < -0.4 is 14.2 Å². The third-order valence-electron chi connectivity index (χ3n) is 4.88. The van der Waals surface area contributed by atoms with Crippen molar-refractivity contribution >= 4 is 46.7 Å². The van der Waals surface area contributed by atoms with Gasteiger partial charge in [-0.25, -0.2) is 0 Å². The number of hydrogen-bond donors (Lipinski definition) is 0. The van der Waals surface area contributed by atoms with Crippen molar-refractivity contribution in [3.8, 4) is 17.2 Å². The van der Waals surface area contributed by atoms with Crippen molar-refractivity contribution < 1.29 is 23.9 Å². The van der Waals surface area contributed by atoms with Crippen LogP contribution in [0, 0.1) is 0 Å². The molecule has 0 radical (unpaired) electrons. The second-order valence-electron chi connectivity index (χ2n) is 7.24. The molecule has 0 bridgehead atoms. The Morgan fingerprint density at radius 3 is 2.65 bits per heavy atom. The Bertz CT molecular complexity index is 1040. The van der Waals surface area contributed by atoms with E-state index in [9.17, 15) is 0 Å². The van der Waals surface area contributed by atoms with Gasteiger partial charge >= 0.3 is 0 Å². The summed E-state index contributed by atoms with van der Waals surface area (Å²) in [5, 5.41) is 8.41. The number of oxime groups is 2. The summed E-state index contributed by atoms with van der Waals surface area (Å²) in [4.78, 5) is 10.3. The molecule has 0 aliphatic carbocycles. The Balaban J connectivity index is 1.51. The number of ether oxygens (including phenoxy) is 3. The molecule has 1 aliphatic heterocycles. The van der Waals surface area contributed by atoms with Gasteiger partial charge in [-0.3, -0.25) is 0 Å². The average molecular weight is 528 g/mol. The summed E-state index contributed by atoms with van der Waals surface area (Å²) >= 11 is 17.6. The van der Waals surface area contributed by atoms with Crippen molar-refractivity contribution in [2.75, 3.05) is 27.4 Å². The molecule has 0 N–H and O–H groups in total. The van der Waals surface area contributed by atoms with Crippen LogP contribution in [0.4, 0.5) is 0 Å². The first kappa shape index (κ1) is 26.0. The molecule has 0 amide bonds. The van der Waals surface area contributed by atoms with Crippen LogP contribution in [0.5, 0.6) is 17.2 Å². The average Bonchev–Trinajstić information content (AvgIpc) is 3.29. The van der Waals surface area contributed by atoms with Crippen molar-refractivity contribution in [2.24, 2.45) is 10.3 Å². The summed E-state index contributed by atoms with van der Waals surface area (Å²) in [5.41, 5.74) is 2.40. The van der Waals surface area contributed by atoms with Crippen molar-refractivity contribution in [3.63, 3.8) is 0 Å². The lowest BCUT2D eigenvalue weighted by atomic mass is 10.0. The van der Waals surface area contributed by atoms with E-state index in [1.807, 2.05) is 30.3 Å². The van der Waals surface area contributed by atoms with Gasteiger partial charge in [0, 0.05) is 18.1 Å². The van der Waals surface area contributed by atoms with Gasteiger partial charge in [0.2, 0.25) is 0 Å². The number of halogens is 3. The van der Waals surface area contributed by atoms with Crippen LogP contribution in [-0.4, -0.2) is 45.5 Å². The molecule has 1 heterocycles. The predicted octanol–water partition coefficient (Wildman–Crippen LogP) is 6.38. The molecule has 0 aromatic heterocycles. The molecule has 0 saturated carbocycles. The number of hydrogen-bond acceptors (Lipinski definition) is 7. The predicted molar refractivity (Wildman–Crippen MR) is 135 cm³/mol. The van der Waals surface area contributed by atoms with Crippen molar-refractivity contribution in [1.29, 1.82) is 0 Å². The van der Waals surface area contributed by atoms with Crippen LogP contribution in [0.25, 0.3) is 0 Å². The first-order valence-corrected chi connectivity index (χ1v) is 11.7. The Kier molecular flexibility index (Phi) is 10.2. The Morgan fingerprint density at radius 1 is 1.15 bits per heavy atom. The van der Waals surface area contributed by atoms with Crippen molar-refractivity contribution in [1.82, 2.24) is 0 Å². The van der Waals surface area contributed by atoms with Crippen LogP contribution in [0.3, 0.4) is 0 Å². The molecule has 2 aromatic carbocycles. The number of benzene rings is 2. The van der Waals surface area contributed by atoms with Gasteiger partial charge in [-0.15, -0.1) is 0 Å². The topological polar surface area (TPSA) is 70.9 Å². The number of nitrogens with zero attached hydrogens (tertiary/aromatic N) is 2. The molecule has 10 heteroatoms. The van der Waals surface area contributed by atoms with Gasteiger partial charge < -0.3 is 23.9 Å². The van der Waals surface area contributed by atoms with Crippen LogP contribution >= 0.6 is 34.8 Å². The van der Waals surface area contributed by atoms with Crippen molar-refractivity contribution in [2.45, 2.75) is 25.4 Å². The molecular weight excluding hydrogens is 503 g/mol. The van der Waals surface area contributed by atoms with Gasteiger partial charge in [-0.1, -0.05) is 45.1 Å². The summed E-state index contributed by atoms with van der Waals surface area (Å²) in [6, 6.07) is 11.1. The highest BCUT2D eigenvalue weighted by Crippen LogP contribution is 2.36. The Labute approximate surface area is 213 Å². The maximum atomic E-state index is 6.39. The molecule has 2 aromatic rings. The fourth-order valence-corrected chi connectivity index (χ4v) is 3.69. The largest absolute Gasteiger partial charge is 0.494 e. The van der Waals surface area contributed by atoms with Gasteiger partial charge in [0.15, 0.2) is 0 Å². The quantitative estimate of drug-likeness (QED) is 0.182. The fourth-order valence-electron chi connectivity index (χ4n) is 3.28. The summed E-state index contributed by atoms with van der Waals surface area (Å²) in [6.45, 7) is 0.773. The zero-order valence-electron chi connectivity index (χ0n) is 18.8.